The molecule has 0 saturated carbocycles. The second-order valence-corrected chi connectivity index (χ2v) is 12.7. The van der Waals surface area contributed by atoms with E-state index in [2.05, 4.69) is 136 Å². The van der Waals surface area contributed by atoms with E-state index in [0.29, 0.717) is 0 Å². The Bertz CT molecular complexity index is 2480. The predicted octanol–water partition coefficient (Wildman–Crippen LogP) is 11.0. The second-order valence-electron chi connectivity index (χ2n) is 12.7. The van der Waals surface area contributed by atoms with Gasteiger partial charge in [-0.2, -0.15) is 0 Å². The molecule has 0 bridgehead atoms. The second kappa shape index (κ2) is 9.08. The van der Waals surface area contributed by atoms with Crippen LogP contribution in [0.15, 0.2) is 128 Å². The van der Waals surface area contributed by atoms with Crippen molar-refractivity contribution in [3.63, 3.8) is 0 Å². The van der Waals surface area contributed by atoms with Gasteiger partial charge in [-0.05, 0) is 80.0 Å². The van der Waals surface area contributed by atoms with Gasteiger partial charge >= 0.3 is 0 Å². The highest BCUT2D eigenvalue weighted by molar-refractivity contribution is 6.21. The molecule has 0 fully saturated rings. The molecule has 0 saturated heterocycles. The number of pyridine rings is 2. The van der Waals surface area contributed by atoms with Crippen molar-refractivity contribution in [2.45, 2.75) is 26.2 Å². The van der Waals surface area contributed by atoms with E-state index in [0.717, 1.165) is 27.5 Å². The smallest absolute Gasteiger partial charge is 0.0972 e. The lowest BCUT2D eigenvalue weighted by Crippen LogP contribution is -2.14. The maximum Gasteiger partial charge on any atom is 0.0972 e. The van der Waals surface area contributed by atoms with Crippen LogP contribution in [-0.2, 0) is 5.41 Å². The fourth-order valence-electron chi connectivity index (χ4n) is 7.60. The van der Waals surface area contributed by atoms with Crippen molar-refractivity contribution in [3.05, 3.63) is 144 Å². The first-order valence-corrected chi connectivity index (χ1v) is 15.3. The highest BCUT2D eigenvalue weighted by Gasteiger charge is 2.35. The van der Waals surface area contributed by atoms with Crippen LogP contribution in [-0.4, -0.2) is 9.97 Å². The Labute approximate surface area is 256 Å². The van der Waals surface area contributed by atoms with Crippen LogP contribution < -0.4 is 0 Å². The first kappa shape index (κ1) is 25.2. The van der Waals surface area contributed by atoms with Crippen molar-refractivity contribution in [3.8, 4) is 33.5 Å². The molecule has 0 atom stereocenters. The minimum absolute atomic E-state index is 0.0603. The molecule has 2 heteroatoms. The van der Waals surface area contributed by atoms with Gasteiger partial charge in [-0.3, -0.25) is 4.98 Å². The average Bonchev–Trinajstić information content (AvgIpc) is 3.29. The van der Waals surface area contributed by atoms with Gasteiger partial charge in [0.1, 0.15) is 0 Å². The summed E-state index contributed by atoms with van der Waals surface area (Å²) in [6, 6.07) is 44.4. The standard InChI is InChI=1S/C42H30N2/c1-25-14-19-33-34(23-25)38(28-17-20-30-29-10-6-7-13-35(29)42(2,3)36(30)24-28)31-11-4-5-12-32(31)39(33)37-21-18-27-16-15-26-9-8-22-43-40(26)41(27)44-37/h4-24H,1-3H3. The van der Waals surface area contributed by atoms with Crippen LogP contribution in [0.4, 0.5) is 0 Å². The van der Waals surface area contributed by atoms with E-state index in [1.165, 1.54) is 66.1 Å². The van der Waals surface area contributed by atoms with E-state index >= 15 is 0 Å². The molecule has 2 heterocycles. The third kappa shape index (κ3) is 3.48. The van der Waals surface area contributed by atoms with Crippen LogP contribution in [0.5, 0.6) is 0 Å². The molecule has 6 aromatic carbocycles. The van der Waals surface area contributed by atoms with Crippen molar-refractivity contribution in [2.24, 2.45) is 0 Å². The van der Waals surface area contributed by atoms with E-state index in [4.69, 9.17) is 9.97 Å². The molecule has 0 amide bonds. The first-order chi connectivity index (χ1) is 21.5. The van der Waals surface area contributed by atoms with Crippen LogP contribution in [0, 0.1) is 6.92 Å². The molecule has 9 rings (SSSR count). The maximum atomic E-state index is 5.33. The highest BCUT2D eigenvalue weighted by atomic mass is 14.8. The third-order valence-corrected chi connectivity index (χ3v) is 9.74. The maximum absolute atomic E-state index is 5.33. The van der Waals surface area contributed by atoms with Gasteiger partial charge < -0.3 is 0 Å². The molecule has 1 aliphatic carbocycles. The first-order valence-electron chi connectivity index (χ1n) is 15.3. The Hall–Kier alpha value is -5.34. The SMILES string of the molecule is Cc1ccc2c(-c3ccc4ccc5cccnc5c4n3)c3ccccc3c(-c3ccc4c(c3)C(C)(C)c3ccccc3-4)c2c1. The Morgan fingerprint density at radius 1 is 0.523 bits per heavy atom. The van der Waals surface area contributed by atoms with Crippen LogP contribution in [0.2, 0.25) is 0 Å². The molecule has 2 nitrogen and oxygen atoms in total. The number of fused-ring (bicyclic) bond motifs is 8. The number of hydrogen-bond acceptors (Lipinski definition) is 2. The zero-order valence-corrected chi connectivity index (χ0v) is 25.0. The number of rotatable bonds is 2. The fraction of sp³-hybridized carbons (Fsp3) is 0.0952. The molecule has 0 unspecified atom stereocenters. The molecular weight excluding hydrogens is 532 g/mol. The molecule has 0 aliphatic heterocycles. The summed E-state index contributed by atoms with van der Waals surface area (Å²) in [5, 5.41) is 7.13. The molecule has 0 radical (unpaired) electrons. The Morgan fingerprint density at radius 3 is 2.09 bits per heavy atom. The van der Waals surface area contributed by atoms with Gasteiger partial charge in [0.25, 0.3) is 0 Å². The van der Waals surface area contributed by atoms with E-state index in [1.54, 1.807) is 0 Å². The Morgan fingerprint density at radius 2 is 1.23 bits per heavy atom. The van der Waals surface area contributed by atoms with Gasteiger partial charge in [0.15, 0.2) is 0 Å². The molecule has 44 heavy (non-hydrogen) atoms. The van der Waals surface area contributed by atoms with Crippen molar-refractivity contribution in [2.75, 3.05) is 0 Å². The number of hydrogen-bond donors (Lipinski definition) is 0. The molecule has 0 N–H and O–H groups in total. The van der Waals surface area contributed by atoms with Gasteiger partial charge in [0.2, 0.25) is 0 Å². The minimum Gasteiger partial charge on any atom is -0.254 e. The molecule has 2 aromatic heterocycles. The number of benzene rings is 6. The number of aryl methyl sites for hydroxylation is 1. The van der Waals surface area contributed by atoms with Gasteiger partial charge in [-0.15, -0.1) is 0 Å². The van der Waals surface area contributed by atoms with Crippen molar-refractivity contribution in [1.29, 1.82) is 0 Å². The van der Waals surface area contributed by atoms with Crippen LogP contribution >= 0.6 is 0 Å². The number of nitrogens with zero attached hydrogens (tertiary/aromatic N) is 2. The van der Waals surface area contributed by atoms with Crippen molar-refractivity contribution < 1.29 is 0 Å². The summed E-state index contributed by atoms with van der Waals surface area (Å²) in [5.41, 5.74) is 13.2. The largest absolute Gasteiger partial charge is 0.254 e. The van der Waals surface area contributed by atoms with Gasteiger partial charge in [-0.25, -0.2) is 4.98 Å². The van der Waals surface area contributed by atoms with Crippen LogP contribution in [0.3, 0.4) is 0 Å². The van der Waals surface area contributed by atoms with Crippen LogP contribution in [0.1, 0.15) is 30.5 Å². The Balaban J connectivity index is 1.36. The topological polar surface area (TPSA) is 25.8 Å². The summed E-state index contributed by atoms with van der Waals surface area (Å²) < 4.78 is 0. The van der Waals surface area contributed by atoms with Gasteiger partial charge in [0, 0.05) is 27.9 Å². The van der Waals surface area contributed by atoms with Gasteiger partial charge in [0.05, 0.1) is 16.7 Å². The summed E-state index contributed by atoms with van der Waals surface area (Å²) >= 11 is 0. The monoisotopic (exact) mass is 562 g/mol. The van der Waals surface area contributed by atoms with E-state index in [1.807, 2.05) is 12.3 Å². The van der Waals surface area contributed by atoms with Gasteiger partial charge in [-0.1, -0.05) is 123 Å². The normalized spacial score (nSPS) is 13.5. The lowest BCUT2D eigenvalue weighted by atomic mass is 9.80. The molecular formula is C42H30N2. The zero-order valence-electron chi connectivity index (χ0n) is 25.0. The minimum atomic E-state index is -0.0603. The fourth-order valence-corrected chi connectivity index (χ4v) is 7.60. The van der Waals surface area contributed by atoms with E-state index in [-0.39, 0.29) is 5.41 Å². The summed E-state index contributed by atoms with van der Waals surface area (Å²) in [7, 11) is 0. The number of aromatic nitrogens is 2. The zero-order chi connectivity index (χ0) is 29.6. The highest BCUT2D eigenvalue weighted by Crippen LogP contribution is 2.51. The Kier molecular flexibility index (Phi) is 5.20. The van der Waals surface area contributed by atoms with Crippen molar-refractivity contribution in [1.82, 2.24) is 9.97 Å². The summed E-state index contributed by atoms with van der Waals surface area (Å²) in [6.45, 7) is 6.90. The summed E-state index contributed by atoms with van der Waals surface area (Å²) in [4.78, 5) is 10.1. The third-order valence-electron chi connectivity index (χ3n) is 9.74. The molecule has 8 aromatic rings. The quantitative estimate of drug-likeness (QED) is 0.155. The van der Waals surface area contributed by atoms with E-state index in [9.17, 15) is 0 Å². The lowest BCUT2D eigenvalue weighted by Gasteiger charge is -2.23. The molecule has 0 spiro atoms. The van der Waals surface area contributed by atoms with Crippen LogP contribution in [0.25, 0.3) is 76.9 Å². The van der Waals surface area contributed by atoms with Crippen molar-refractivity contribution >= 4 is 43.4 Å². The molecule has 208 valence electrons. The predicted molar refractivity (Wildman–Crippen MR) is 185 cm³/mol. The summed E-state index contributed by atoms with van der Waals surface area (Å²) in [5.74, 6) is 0. The lowest BCUT2D eigenvalue weighted by molar-refractivity contribution is 0.660. The molecule has 1 aliphatic rings. The summed E-state index contributed by atoms with van der Waals surface area (Å²) in [6.07, 6.45) is 1.86. The average molecular weight is 563 g/mol. The van der Waals surface area contributed by atoms with E-state index < -0.39 is 0 Å².